The van der Waals surface area contributed by atoms with E-state index in [1.165, 1.54) is 0 Å². The van der Waals surface area contributed by atoms with Crippen molar-refractivity contribution in [2.75, 3.05) is 0 Å². The van der Waals surface area contributed by atoms with E-state index < -0.39 is 0 Å². The minimum atomic E-state index is 0.617. The first kappa shape index (κ1) is 17.3. The largest absolute Gasteiger partial charge is 0.436 e. The molecule has 30 heavy (non-hydrogen) atoms. The highest BCUT2D eigenvalue weighted by Gasteiger charge is 2.17. The lowest BCUT2D eigenvalue weighted by Gasteiger charge is -2.10. The van der Waals surface area contributed by atoms with Gasteiger partial charge in [0.15, 0.2) is 5.58 Å². The molecule has 5 heteroatoms. The zero-order valence-electron chi connectivity index (χ0n) is 15.7. The van der Waals surface area contributed by atoms with Crippen LogP contribution >= 0.6 is 15.9 Å². The van der Waals surface area contributed by atoms with E-state index in [1.807, 2.05) is 72.9 Å². The Morgan fingerprint density at radius 2 is 1.53 bits per heavy atom. The Labute approximate surface area is 180 Å². The fourth-order valence-corrected chi connectivity index (χ4v) is 4.10. The summed E-state index contributed by atoms with van der Waals surface area (Å²) in [4.78, 5) is 14.2. The molecule has 3 heterocycles. The molecule has 0 saturated carbocycles. The number of oxazole rings is 1. The van der Waals surface area contributed by atoms with Crippen LogP contribution in [0, 0.1) is 0 Å². The Morgan fingerprint density at radius 1 is 0.700 bits per heavy atom. The molecule has 0 amide bonds. The van der Waals surface area contributed by atoms with Gasteiger partial charge in [0, 0.05) is 33.5 Å². The average molecular weight is 452 g/mol. The van der Waals surface area contributed by atoms with Gasteiger partial charge >= 0.3 is 0 Å². The summed E-state index contributed by atoms with van der Waals surface area (Å²) < 4.78 is 6.92. The Kier molecular flexibility index (Phi) is 3.89. The first-order chi connectivity index (χ1) is 14.8. The Morgan fingerprint density at radius 3 is 2.37 bits per heavy atom. The van der Waals surface area contributed by atoms with E-state index in [1.54, 1.807) is 0 Å². The minimum Gasteiger partial charge on any atom is -0.436 e. The molecule has 0 aliphatic heterocycles. The predicted octanol–water partition coefficient (Wildman–Crippen LogP) is 7.02. The Hall–Kier alpha value is -3.57. The number of aromatic nitrogens is 3. The highest BCUT2D eigenvalue weighted by molar-refractivity contribution is 9.10. The average Bonchev–Trinajstić information content (AvgIpc) is 3.24. The molecule has 4 nitrogen and oxygen atoms in total. The molecule has 0 saturated heterocycles. The van der Waals surface area contributed by atoms with Crippen molar-refractivity contribution in [3.8, 4) is 22.7 Å². The number of pyridine rings is 2. The maximum absolute atomic E-state index is 6.12. The predicted molar refractivity (Wildman–Crippen MR) is 123 cm³/mol. The van der Waals surface area contributed by atoms with E-state index in [9.17, 15) is 0 Å². The monoisotopic (exact) mass is 451 g/mol. The van der Waals surface area contributed by atoms with Crippen molar-refractivity contribution < 1.29 is 4.42 Å². The molecule has 0 atom stereocenters. The molecule has 3 aromatic heterocycles. The summed E-state index contributed by atoms with van der Waals surface area (Å²) in [5.41, 5.74) is 5.32. The van der Waals surface area contributed by atoms with E-state index in [4.69, 9.17) is 14.4 Å². The lowest BCUT2D eigenvalue weighted by Crippen LogP contribution is -1.91. The third-order valence-electron chi connectivity index (χ3n) is 5.24. The van der Waals surface area contributed by atoms with E-state index >= 15 is 0 Å². The molecule has 0 aliphatic carbocycles. The van der Waals surface area contributed by atoms with Gasteiger partial charge in [-0.25, -0.2) is 15.0 Å². The summed E-state index contributed by atoms with van der Waals surface area (Å²) in [6.45, 7) is 0. The van der Waals surface area contributed by atoms with Crippen LogP contribution in [-0.4, -0.2) is 15.0 Å². The molecule has 0 fully saturated rings. The smallest absolute Gasteiger partial charge is 0.227 e. The zero-order valence-corrected chi connectivity index (χ0v) is 17.3. The third-order valence-corrected chi connectivity index (χ3v) is 5.71. The quantitative estimate of drug-likeness (QED) is 0.209. The summed E-state index contributed by atoms with van der Waals surface area (Å²) in [5, 5.41) is 3.13. The summed E-state index contributed by atoms with van der Waals surface area (Å²) in [7, 11) is 0. The fourth-order valence-electron chi connectivity index (χ4n) is 3.87. The Balaban J connectivity index is 1.73. The maximum Gasteiger partial charge on any atom is 0.227 e. The van der Waals surface area contributed by atoms with Gasteiger partial charge in [-0.1, -0.05) is 36.4 Å². The van der Waals surface area contributed by atoms with Crippen molar-refractivity contribution in [1.82, 2.24) is 15.0 Å². The minimum absolute atomic E-state index is 0.617. The molecule has 0 aliphatic rings. The molecule has 0 spiro atoms. The summed E-state index contributed by atoms with van der Waals surface area (Å²) in [6.07, 6.45) is 1.84. The second-order valence-corrected chi connectivity index (χ2v) is 7.88. The van der Waals surface area contributed by atoms with Crippen LogP contribution in [0.1, 0.15) is 0 Å². The summed E-state index contributed by atoms with van der Waals surface area (Å²) in [5.74, 6) is 0.617. The SMILES string of the molecule is Brc1ccc(-c2nc3ccccc3c3c2ccc2oc(-c4ccccc4)nc23)cn1. The highest BCUT2D eigenvalue weighted by atomic mass is 79.9. The second kappa shape index (κ2) is 6.75. The number of rotatable bonds is 2. The van der Waals surface area contributed by atoms with Gasteiger partial charge in [-0.05, 0) is 58.4 Å². The number of para-hydroxylation sites is 1. The van der Waals surface area contributed by atoms with Crippen molar-refractivity contribution in [1.29, 1.82) is 0 Å². The lowest BCUT2D eigenvalue weighted by atomic mass is 10.00. The van der Waals surface area contributed by atoms with Crippen molar-refractivity contribution in [2.24, 2.45) is 0 Å². The number of hydrogen-bond donors (Lipinski definition) is 0. The molecule has 142 valence electrons. The van der Waals surface area contributed by atoms with Crippen LogP contribution in [0.5, 0.6) is 0 Å². The molecule has 6 aromatic rings. The second-order valence-electron chi connectivity index (χ2n) is 7.07. The fraction of sp³-hybridized carbons (Fsp3) is 0. The van der Waals surface area contributed by atoms with Gasteiger partial charge in [-0.2, -0.15) is 0 Å². The first-order valence-electron chi connectivity index (χ1n) is 9.57. The molecule has 6 rings (SSSR count). The standard InChI is InChI=1S/C25H14BrN3O/c26-21-13-10-16(14-27-21)23-18-11-12-20-24(22(18)17-8-4-5-9-19(17)28-23)29-25(30-20)15-6-2-1-3-7-15/h1-14H. The number of halogens is 1. The summed E-state index contributed by atoms with van der Waals surface area (Å²) in [6, 6.07) is 26.1. The van der Waals surface area contributed by atoms with Gasteiger partial charge in [0.2, 0.25) is 5.89 Å². The van der Waals surface area contributed by atoms with Gasteiger partial charge in [0.25, 0.3) is 0 Å². The lowest BCUT2D eigenvalue weighted by molar-refractivity contribution is 0.620. The van der Waals surface area contributed by atoms with E-state index in [2.05, 4.69) is 33.0 Å². The number of benzene rings is 3. The van der Waals surface area contributed by atoms with Crippen LogP contribution in [0.15, 0.2) is 94.1 Å². The number of fused-ring (bicyclic) bond motifs is 5. The zero-order chi connectivity index (χ0) is 20.1. The molecular weight excluding hydrogens is 438 g/mol. The number of nitrogens with zero attached hydrogens (tertiary/aromatic N) is 3. The van der Waals surface area contributed by atoms with Crippen LogP contribution in [0.3, 0.4) is 0 Å². The molecule has 3 aromatic carbocycles. The van der Waals surface area contributed by atoms with Gasteiger partial charge in [-0.3, -0.25) is 0 Å². The van der Waals surface area contributed by atoms with Crippen LogP contribution in [0.2, 0.25) is 0 Å². The molecule has 0 radical (unpaired) electrons. The van der Waals surface area contributed by atoms with Gasteiger partial charge in [0.05, 0.1) is 11.2 Å². The van der Waals surface area contributed by atoms with Gasteiger partial charge in [-0.15, -0.1) is 0 Å². The van der Waals surface area contributed by atoms with Crippen LogP contribution in [0.25, 0.3) is 55.5 Å². The van der Waals surface area contributed by atoms with E-state index in [0.717, 1.165) is 54.2 Å². The molecule has 0 N–H and O–H groups in total. The van der Waals surface area contributed by atoms with Crippen molar-refractivity contribution in [2.45, 2.75) is 0 Å². The third kappa shape index (κ3) is 2.70. The number of hydrogen-bond acceptors (Lipinski definition) is 4. The van der Waals surface area contributed by atoms with E-state index in [0.29, 0.717) is 5.89 Å². The topological polar surface area (TPSA) is 51.8 Å². The van der Waals surface area contributed by atoms with Crippen molar-refractivity contribution >= 4 is 48.7 Å². The van der Waals surface area contributed by atoms with Crippen LogP contribution < -0.4 is 0 Å². The highest BCUT2D eigenvalue weighted by Crippen LogP contribution is 2.38. The van der Waals surface area contributed by atoms with Crippen molar-refractivity contribution in [3.63, 3.8) is 0 Å². The van der Waals surface area contributed by atoms with E-state index in [-0.39, 0.29) is 0 Å². The van der Waals surface area contributed by atoms with Gasteiger partial charge < -0.3 is 4.42 Å². The van der Waals surface area contributed by atoms with Gasteiger partial charge in [0.1, 0.15) is 10.1 Å². The van der Waals surface area contributed by atoms with Crippen molar-refractivity contribution in [3.05, 3.63) is 89.7 Å². The normalized spacial score (nSPS) is 11.5. The Bertz CT molecular complexity index is 1540. The first-order valence-corrected chi connectivity index (χ1v) is 10.4. The molecular formula is C25H14BrN3O. The maximum atomic E-state index is 6.12. The molecule has 0 bridgehead atoms. The summed E-state index contributed by atoms with van der Waals surface area (Å²) >= 11 is 3.41. The van der Waals surface area contributed by atoms with Crippen LogP contribution in [-0.2, 0) is 0 Å². The van der Waals surface area contributed by atoms with Crippen LogP contribution in [0.4, 0.5) is 0 Å². The molecule has 0 unspecified atom stereocenters.